The second-order valence-electron chi connectivity index (χ2n) is 9.87. The van der Waals surface area contributed by atoms with Crippen LogP contribution in [0.4, 0.5) is 0 Å². The average molecular weight is 693 g/mol. The molecule has 0 atom stereocenters. The number of aromatic nitrogens is 2. The van der Waals surface area contributed by atoms with Crippen LogP contribution in [0.3, 0.4) is 0 Å². The Kier molecular flexibility index (Phi) is 8.51. The van der Waals surface area contributed by atoms with Gasteiger partial charge < -0.3 is 9.97 Å². The number of thiophene rings is 1. The van der Waals surface area contributed by atoms with Crippen molar-refractivity contribution in [2.45, 2.75) is 26.6 Å². The van der Waals surface area contributed by atoms with E-state index in [9.17, 15) is 0 Å². The van der Waals surface area contributed by atoms with Crippen molar-refractivity contribution in [1.82, 2.24) is 9.97 Å². The van der Waals surface area contributed by atoms with Crippen LogP contribution in [-0.2, 0) is 20.1 Å². The number of hydrogen-bond acceptors (Lipinski definition) is 3. The molecule has 3 heterocycles. The molecule has 0 amide bonds. The van der Waals surface area contributed by atoms with Gasteiger partial charge in [-0.2, -0.15) is 11.3 Å². The Morgan fingerprint density at radius 1 is 0.757 bits per heavy atom. The fourth-order valence-corrected chi connectivity index (χ4v) is 6.60. The number of nitrogens with zero attached hydrogens (tertiary/aromatic N) is 2. The van der Waals surface area contributed by atoms with Crippen LogP contribution in [0.1, 0.15) is 5.56 Å². The molecule has 0 fully saturated rings. The molecule has 0 aliphatic rings. The first-order valence-electron chi connectivity index (χ1n) is 12.1. The van der Waals surface area contributed by atoms with Crippen LogP contribution in [0.2, 0.25) is 19.6 Å². The normalized spacial score (nSPS) is 11.0. The molecule has 0 aliphatic carbocycles. The topological polar surface area (TPSA) is 25.8 Å². The average Bonchev–Trinajstić information content (AvgIpc) is 3.28. The van der Waals surface area contributed by atoms with Gasteiger partial charge in [0, 0.05) is 37.2 Å². The van der Waals surface area contributed by atoms with Gasteiger partial charge in [-0.25, -0.2) is 0 Å². The summed E-state index contributed by atoms with van der Waals surface area (Å²) >= 11 is 1.87. The molecule has 0 saturated heterocycles. The minimum absolute atomic E-state index is 0. The van der Waals surface area contributed by atoms with E-state index in [2.05, 4.69) is 85.1 Å². The monoisotopic (exact) mass is 693 g/mol. The first-order chi connectivity index (χ1) is 17.4. The Balaban J connectivity index is 0.000000208. The molecule has 0 bridgehead atoms. The number of fused-ring (bicyclic) bond motifs is 3. The third-order valence-corrected chi connectivity index (χ3v) is 9.35. The molecule has 3 aromatic carbocycles. The standard InChI is InChI=1S/C21H20NSSi.C11H8N.Ir/c1-14-8-11-19(22-13-14)18-7-5-6-17-16-10-9-15(24(2,3)4)12-20(16)23-21(17)18;1-2-6-10(7-3-1)11-8-4-5-9-12-11;/h5-6,8-13H,1-4H3;1-6,8-9H;/q2*-1;. The van der Waals surface area contributed by atoms with Crippen molar-refractivity contribution in [1.29, 1.82) is 0 Å². The van der Waals surface area contributed by atoms with Crippen molar-refractivity contribution in [3.05, 3.63) is 115 Å². The maximum Gasteiger partial charge on any atom is 0.0776 e. The third-order valence-electron chi connectivity index (χ3n) is 6.12. The summed E-state index contributed by atoms with van der Waals surface area (Å²) in [4.78, 5) is 8.83. The minimum Gasteiger partial charge on any atom is -0.305 e. The predicted octanol–water partition coefficient (Wildman–Crippen LogP) is 8.32. The summed E-state index contributed by atoms with van der Waals surface area (Å²) in [5.41, 5.74) is 5.31. The summed E-state index contributed by atoms with van der Waals surface area (Å²) in [7, 11) is -1.30. The van der Waals surface area contributed by atoms with Gasteiger partial charge in [0.05, 0.1) is 8.07 Å². The summed E-state index contributed by atoms with van der Waals surface area (Å²) in [6, 6.07) is 35.7. The molecule has 0 unspecified atom stereocenters. The van der Waals surface area contributed by atoms with Crippen LogP contribution >= 0.6 is 11.3 Å². The maximum absolute atomic E-state index is 4.61. The van der Waals surface area contributed by atoms with Gasteiger partial charge in [-0.15, -0.1) is 59.7 Å². The molecule has 5 heteroatoms. The zero-order chi connectivity index (χ0) is 25.1. The van der Waals surface area contributed by atoms with E-state index >= 15 is 0 Å². The zero-order valence-electron chi connectivity index (χ0n) is 21.4. The van der Waals surface area contributed by atoms with Gasteiger partial charge in [0.1, 0.15) is 0 Å². The Hall–Kier alpha value is -2.95. The smallest absolute Gasteiger partial charge is 0.0776 e. The van der Waals surface area contributed by atoms with Gasteiger partial charge in [0.15, 0.2) is 0 Å². The number of rotatable bonds is 3. The fraction of sp³-hybridized carbons (Fsp3) is 0.125. The quantitative estimate of drug-likeness (QED) is 0.138. The van der Waals surface area contributed by atoms with E-state index in [1.165, 1.54) is 30.9 Å². The van der Waals surface area contributed by atoms with E-state index in [0.29, 0.717) is 0 Å². The van der Waals surface area contributed by atoms with E-state index in [1.807, 2.05) is 66.1 Å². The van der Waals surface area contributed by atoms with E-state index in [0.717, 1.165) is 22.5 Å². The van der Waals surface area contributed by atoms with E-state index in [4.69, 9.17) is 0 Å². The molecule has 0 spiro atoms. The largest absolute Gasteiger partial charge is 0.305 e. The summed E-state index contributed by atoms with van der Waals surface area (Å²) in [5, 5.41) is 4.17. The minimum atomic E-state index is -1.30. The van der Waals surface area contributed by atoms with Crippen molar-refractivity contribution in [2.24, 2.45) is 0 Å². The van der Waals surface area contributed by atoms with Crippen LogP contribution in [0.5, 0.6) is 0 Å². The molecule has 2 nitrogen and oxygen atoms in total. The van der Waals surface area contributed by atoms with Gasteiger partial charge in [0.2, 0.25) is 0 Å². The van der Waals surface area contributed by atoms with E-state index < -0.39 is 8.07 Å². The Labute approximate surface area is 237 Å². The van der Waals surface area contributed by atoms with Crippen LogP contribution in [0, 0.1) is 19.1 Å². The molecular weight excluding hydrogens is 665 g/mol. The van der Waals surface area contributed by atoms with Gasteiger partial charge in [0.25, 0.3) is 0 Å². The van der Waals surface area contributed by atoms with E-state index in [1.54, 1.807) is 6.20 Å². The molecule has 37 heavy (non-hydrogen) atoms. The van der Waals surface area contributed by atoms with Gasteiger partial charge in [-0.1, -0.05) is 66.6 Å². The SMILES string of the molecule is Cc1ccc(-c2[c-]ccc3c2sc2cc([Si](C)(C)C)ccc23)nc1.[Ir].[c-]1ccccc1-c1ccccn1. The van der Waals surface area contributed by atoms with E-state index in [-0.39, 0.29) is 20.1 Å². The van der Waals surface area contributed by atoms with Crippen molar-refractivity contribution in [3.63, 3.8) is 0 Å². The number of aryl methyl sites for hydroxylation is 1. The second kappa shape index (κ2) is 11.6. The Morgan fingerprint density at radius 2 is 1.59 bits per heavy atom. The summed E-state index contributed by atoms with van der Waals surface area (Å²) in [6.45, 7) is 9.27. The van der Waals surface area contributed by atoms with Crippen LogP contribution < -0.4 is 5.19 Å². The van der Waals surface area contributed by atoms with Crippen LogP contribution in [0.15, 0.2) is 97.3 Å². The summed E-state index contributed by atoms with van der Waals surface area (Å²) < 4.78 is 2.66. The van der Waals surface area contributed by atoms with Crippen LogP contribution in [0.25, 0.3) is 42.7 Å². The Morgan fingerprint density at radius 3 is 2.27 bits per heavy atom. The van der Waals surface area contributed by atoms with Crippen molar-refractivity contribution in [3.8, 4) is 22.5 Å². The second-order valence-corrected chi connectivity index (χ2v) is 16.0. The molecule has 6 rings (SSSR count). The molecule has 187 valence electrons. The van der Waals surface area contributed by atoms with Crippen molar-refractivity contribution < 1.29 is 20.1 Å². The summed E-state index contributed by atoms with van der Waals surface area (Å²) in [5.74, 6) is 0. The number of pyridine rings is 2. The van der Waals surface area contributed by atoms with Crippen LogP contribution in [-0.4, -0.2) is 18.0 Å². The predicted molar refractivity (Wildman–Crippen MR) is 158 cm³/mol. The first-order valence-corrected chi connectivity index (χ1v) is 16.4. The summed E-state index contributed by atoms with van der Waals surface area (Å²) in [6.07, 6.45) is 3.72. The molecule has 6 aromatic rings. The Bertz CT molecular complexity index is 1570. The molecule has 3 aromatic heterocycles. The third kappa shape index (κ3) is 6.14. The fourth-order valence-electron chi connectivity index (χ4n) is 4.09. The number of benzene rings is 3. The molecule has 1 radical (unpaired) electrons. The van der Waals surface area contributed by atoms with Crippen molar-refractivity contribution in [2.75, 3.05) is 0 Å². The molecule has 0 aliphatic heterocycles. The molecule has 0 N–H and O–H groups in total. The van der Waals surface area contributed by atoms with Crippen molar-refractivity contribution >= 4 is 44.8 Å². The maximum atomic E-state index is 4.61. The van der Waals surface area contributed by atoms with Gasteiger partial charge >= 0.3 is 0 Å². The first kappa shape index (κ1) is 27.1. The van der Waals surface area contributed by atoms with Gasteiger partial charge in [-0.3, -0.25) is 0 Å². The van der Waals surface area contributed by atoms with Gasteiger partial charge in [-0.05, 0) is 46.1 Å². The molecular formula is C32H28IrN2SSi-2. The zero-order valence-corrected chi connectivity index (χ0v) is 25.6. The number of hydrogen-bond donors (Lipinski definition) is 0. The molecule has 0 saturated carbocycles.